The fourth-order valence-electron chi connectivity index (χ4n) is 3.55. The summed E-state index contributed by atoms with van der Waals surface area (Å²) in [4.78, 5) is 13.3. The lowest BCUT2D eigenvalue weighted by Gasteiger charge is -2.22. The van der Waals surface area contributed by atoms with Crippen molar-refractivity contribution in [2.24, 2.45) is 0 Å². The lowest BCUT2D eigenvalue weighted by Crippen LogP contribution is -2.19. The molecule has 0 aromatic carbocycles. The molecule has 0 radical (unpaired) electrons. The molecule has 0 unspecified atom stereocenters. The molecule has 11 nitrogen and oxygen atoms in total. The van der Waals surface area contributed by atoms with E-state index in [-0.39, 0.29) is 0 Å². The minimum Gasteiger partial charge on any atom is -0.478 e. The van der Waals surface area contributed by atoms with Gasteiger partial charge in [-0.3, -0.25) is 4.68 Å². The molecule has 4 aromatic rings. The van der Waals surface area contributed by atoms with Crippen molar-refractivity contribution in [2.75, 3.05) is 25.1 Å². The van der Waals surface area contributed by atoms with Gasteiger partial charge in [0.15, 0.2) is 11.2 Å². The van der Waals surface area contributed by atoms with E-state index >= 15 is 0 Å². The third-order valence-corrected chi connectivity index (χ3v) is 5.33. The van der Waals surface area contributed by atoms with E-state index in [4.69, 9.17) is 9.47 Å². The SMILES string of the molecule is CCCCOc1ccc(-n2nnc3cnc(Nc4cnn(C5CCOCC5)c4)nc32)cn1. The molecule has 0 bridgehead atoms. The zero-order valence-corrected chi connectivity index (χ0v) is 17.9. The zero-order valence-electron chi connectivity index (χ0n) is 17.9. The maximum Gasteiger partial charge on any atom is 0.229 e. The van der Waals surface area contributed by atoms with E-state index in [0.717, 1.165) is 50.3 Å². The average Bonchev–Trinajstić information content (AvgIpc) is 3.47. The summed E-state index contributed by atoms with van der Waals surface area (Å²) in [6, 6.07) is 4.06. The highest BCUT2D eigenvalue weighted by atomic mass is 16.5. The third kappa shape index (κ3) is 4.37. The van der Waals surface area contributed by atoms with Crippen molar-refractivity contribution >= 4 is 22.8 Å². The van der Waals surface area contributed by atoms with Gasteiger partial charge in [-0.15, -0.1) is 5.10 Å². The quantitative estimate of drug-likeness (QED) is 0.417. The molecule has 1 aliphatic rings. The van der Waals surface area contributed by atoms with Gasteiger partial charge in [0.05, 0.1) is 42.6 Å². The van der Waals surface area contributed by atoms with Crippen LogP contribution in [-0.4, -0.2) is 59.5 Å². The molecule has 5 rings (SSSR count). The summed E-state index contributed by atoms with van der Waals surface area (Å²) in [6.45, 7) is 4.32. The molecule has 1 saturated heterocycles. The van der Waals surface area contributed by atoms with Gasteiger partial charge in [0.2, 0.25) is 11.8 Å². The van der Waals surface area contributed by atoms with Gasteiger partial charge in [-0.05, 0) is 25.3 Å². The Morgan fingerprint density at radius 3 is 2.88 bits per heavy atom. The second kappa shape index (κ2) is 9.27. The monoisotopic (exact) mass is 435 g/mol. The van der Waals surface area contributed by atoms with Crippen LogP contribution in [-0.2, 0) is 4.74 Å². The van der Waals surface area contributed by atoms with Gasteiger partial charge in [-0.25, -0.2) is 9.97 Å². The summed E-state index contributed by atoms with van der Waals surface area (Å²) in [5, 5.41) is 16.1. The van der Waals surface area contributed by atoms with E-state index in [9.17, 15) is 0 Å². The number of nitrogens with zero attached hydrogens (tertiary/aromatic N) is 8. The lowest BCUT2D eigenvalue weighted by atomic mass is 10.1. The van der Waals surface area contributed by atoms with E-state index in [1.54, 1.807) is 23.3 Å². The Morgan fingerprint density at radius 1 is 1.16 bits per heavy atom. The Balaban J connectivity index is 1.33. The molecule has 32 heavy (non-hydrogen) atoms. The number of hydrogen-bond acceptors (Lipinski definition) is 9. The highest BCUT2D eigenvalue weighted by Crippen LogP contribution is 2.23. The standard InChI is InChI=1S/C21H25N9O2/c1-2-3-8-32-19-5-4-17(12-22-19)30-20-18(27-28-30)13-23-21(26-20)25-15-11-24-29(14-15)16-6-9-31-10-7-16/h4-5,11-14,16H,2-3,6-10H2,1H3,(H,23,25,26). The summed E-state index contributed by atoms with van der Waals surface area (Å²) in [7, 11) is 0. The van der Waals surface area contributed by atoms with Crippen LogP contribution in [0.2, 0.25) is 0 Å². The van der Waals surface area contributed by atoms with E-state index < -0.39 is 0 Å². The number of hydrogen-bond donors (Lipinski definition) is 1. The fraction of sp³-hybridized carbons (Fsp3) is 0.429. The van der Waals surface area contributed by atoms with Crippen LogP contribution >= 0.6 is 0 Å². The molecule has 0 amide bonds. The molecule has 0 aliphatic carbocycles. The third-order valence-electron chi connectivity index (χ3n) is 5.33. The number of fused-ring (bicyclic) bond motifs is 1. The van der Waals surface area contributed by atoms with E-state index in [1.807, 2.05) is 23.0 Å². The topological polar surface area (TPSA) is 118 Å². The number of ether oxygens (including phenoxy) is 2. The van der Waals surface area contributed by atoms with E-state index in [1.165, 1.54) is 0 Å². The second-order valence-electron chi connectivity index (χ2n) is 7.64. The molecule has 1 aliphatic heterocycles. The number of anilines is 2. The molecule has 11 heteroatoms. The number of rotatable bonds is 8. The van der Waals surface area contributed by atoms with Crippen molar-refractivity contribution in [3.8, 4) is 11.6 Å². The number of unbranched alkanes of at least 4 members (excludes halogenated alkanes) is 1. The van der Waals surface area contributed by atoms with Crippen LogP contribution in [0.4, 0.5) is 11.6 Å². The largest absolute Gasteiger partial charge is 0.478 e. The molecule has 5 heterocycles. The smallest absolute Gasteiger partial charge is 0.229 e. The Hall–Kier alpha value is -3.60. The Labute approximate surface area is 184 Å². The number of aromatic nitrogens is 8. The summed E-state index contributed by atoms with van der Waals surface area (Å²) in [5.74, 6) is 1.03. The van der Waals surface area contributed by atoms with E-state index in [2.05, 4.69) is 42.6 Å². The average molecular weight is 435 g/mol. The molecule has 166 valence electrons. The minimum atomic E-state index is 0.356. The van der Waals surface area contributed by atoms with Gasteiger partial charge < -0.3 is 14.8 Å². The highest BCUT2D eigenvalue weighted by Gasteiger charge is 2.17. The van der Waals surface area contributed by atoms with Crippen molar-refractivity contribution < 1.29 is 9.47 Å². The first kappa shape index (κ1) is 20.3. The Morgan fingerprint density at radius 2 is 2.06 bits per heavy atom. The summed E-state index contributed by atoms with van der Waals surface area (Å²) >= 11 is 0. The normalized spacial score (nSPS) is 14.7. The first-order chi connectivity index (χ1) is 15.8. The van der Waals surface area contributed by atoms with Crippen LogP contribution in [0.1, 0.15) is 38.6 Å². The molecule has 0 saturated carbocycles. The van der Waals surface area contributed by atoms with Crippen LogP contribution < -0.4 is 10.1 Å². The van der Waals surface area contributed by atoms with Crippen molar-refractivity contribution in [1.29, 1.82) is 0 Å². The van der Waals surface area contributed by atoms with Crippen molar-refractivity contribution in [3.05, 3.63) is 36.9 Å². The van der Waals surface area contributed by atoms with Crippen LogP contribution in [0.3, 0.4) is 0 Å². The maximum atomic E-state index is 5.63. The number of pyridine rings is 1. The molecule has 4 aromatic heterocycles. The van der Waals surface area contributed by atoms with Crippen molar-refractivity contribution in [1.82, 2.24) is 39.7 Å². The summed E-state index contributed by atoms with van der Waals surface area (Å²) in [5.41, 5.74) is 2.75. The number of nitrogens with one attached hydrogen (secondary N) is 1. The lowest BCUT2D eigenvalue weighted by molar-refractivity contribution is 0.0662. The van der Waals surface area contributed by atoms with Gasteiger partial charge >= 0.3 is 0 Å². The van der Waals surface area contributed by atoms with Gasteiger partial charge in [-0.1, -0.05) is 18.6 Å². The predicted octanol–water partition coefficient (Wildman–Crippen LogP) is 3.08. The van der Waals surface area contributed by atoms with Crippen LogP contribution in [0.15, 0.2) is 36.9 Å². The molecular weight excluding hydrogens is 410 g/mol. The van der Waals surface area contributed by atoms with Crippen LogP contribution in [0.5, 0.6) is 5.88 Å². The summed E-state index contributed by atoms with van der Waals surface area (Å²) in [6.07, 6.45) is 11.1. The molecule has 1 N–H and O–H groups in total. The van der Waals surface area contributed by atoms with Gasteiger partial charge in [0.1, 0.15) is 0 Å². The van der Waals surface area contributed by atoms with Gasteiger partial charge in [-0.2, -0.15) is 14.8 Å². The van der Waals surface area contributed by atoms with Gasteiger partial charge in [0.25, 0.3) is 0 Å². The minimum absolute atomic E-state index is 0.356. The highest BCUT2D eigenvalue weighted by molar-refractivity contribution is 5.72. The second-order valence-corrected chi connectivity index (χ2v) is 7.64. The molecule has 0 spiro atoms. The van der Waals surface area contributed by atoms with Crippen LogP contribution in [0.25, 0.3) is 16.9 Å². The van der Waals surface area contributed by atoms with E-state index in [0.29, 0.717) is 35.6 Å². The molecule has 1 fully saturated rings. The summed E-state index contributed by atoms with van der Waals surface area (Å²) < 4.78 is 14.7. The maximum absolute atomic E-state index is 5.63. The van der Waals surface area contributed by atoms with Crippen molar-refractivity contribution in [3.63, 3.8) is 0 Å². The predicted molar refractivity (Wildman–Crippen MR) is 117 cm³/mol. The van der Waals surface area contributed by atoms with Crippen molar-refractivity contribution in [2.45, 2.75) is 38.6 Å². The molecular formula is C21H25N9O2. The first-order valence-corrected chi connectivity index (χ1v) is 10.9. The Bertz CT molecular complexity index is 1170. The fourth-order valence-corrected chi connectivity index (χ4v) is 3.55. The Kier molecular flexibility index (Phi) is 5.88. The van der Waals surface area contributed by atoms with Crippen LogP contribution in [0, 0.1) is 0 Å². The molecule has 0 atom stereocenters. The zero-order chi connectivity index (χ0) is 21.8. The van der Waals surface area contributed by atoms with Gasteiger partial charge in [0, 0.05) is 25.5 Å². The first-order valence-electron chi connectivity index (χ1n) is 10.9.